The van der Waals surface area contributed by atoms with Gasteiger partial charge in [-0.2, -0.15) is 0 Å². The van der Waals surface area contributed by atoms with Crippen molar-refractivity contribution >= 4 is 54.5 Å². The smallest absolute Gasteiger partial charge is 0.139 e. The van der Waals surface area contributed by atoms with Crippen molar-refractivity contribution in [3.8, 4) is 0 Å². The monoisotopic (exact) mass is 455 g/mol. The molecule has 0 amide bonds. The van der Waals surface area contributed by atoms with Crippen molar-refractivity contribution in [1.29, 1.82) is 0 Å². The van der Waals surface area contributed by atoms with Gasteiger partial charge in [0, 0.05) is 8.04 Å². The van der Waals surface area contributed by atoms with Crippen molar-refractivity contribution in [3.63, 3.8) is 0 Å². The fourth-order valence-corrected chi connectivity index (χ4v) is 2.92. The van der Waals surface area contributed by atoms with Crippen LogP contribution in [0.2, 0.25) is 0 Å². The summed E-state index contributed by atoms with van der Waals surface area (Å²) in [5.41, 5.74) is 7.23. The van der Waals surface area contributed by atoms with Crippen LogP contribution in [0.5, 0.6) is 0 Å². The summed E-state index contributed by atoms with van der Waals surface area (Å²) >= 11 is 9.14. The molecule has 0 fully saturated rings. The molecule has 1 atom stereocenters. The molecule has 0 saturated heterocycles. The average molecular weight is 457 g/mol. The van der Waals surface area contributed by atoms with Crippen molar-refractivity contribution in [3.05, 3.63) is 54.4 Å². The fraction of sp³-hybridized carbons (Fsp3) is 0.0909. The van der Waals surface area contributed by atoms with Crippen LogP contribution >= 0.6 is 54.5 Å². The van der Waals surface area contributed by atoms with Gasteiger partial charge in [0.1, 0.15) is 5.76 Å². The van der Waals surface area contributed by atoms with E-state index in [2.05, 4.69) is 54.5 Å². The van der Waals surface area contributed by atoms with Gasteiger partial charge in [0.15, 0.2) is 0 Å². The molecule has 2 nitrogen and oxygen atoms in total. The normalized spacial score (nSPS) is 12.8. The highest BCUT2D eigenvalue weighted by atomic mass is 127. The second-order valence-electron chi connectivity index (χ2n) is 3.28. The lowest BCUT2D eigenvalue weighted by atomic mass is 10.1. The summed E-state index contributed by atoms with van der Waals surface area (Å²) in [7, 11) is 0. The van der Waals surface area contributed by atoms with Gasteiger partial charge in [0.05, 0.1) is 16.8 Å². The molecule has 84 valence electrons. The summed E-state index contributed by atoms with van der Waals surface area (Å²) in [5, 5.41) is 0. The van der Waals surface area contributed by atoms with E-state index in [1.807, 2.05) is 24.3 Å². The number of benzene rings is 1. The molecule has 0 bridgehead atoms. The number of furan rings is 1. The lowest BCUT2D eigenvalue weighted by Crippen LogP contribution is -2.13. The second-order valence-corrected chi connectivity index (χ2v) is 6.21. The van der Waals surface area contributed by atoms with Gasteiger partial charge in [0.2, 0.25) is 0 Å². The molecule has 5 heteroatoms. The maximum absolute atomic E-state index is 6.18. The Morgan fingerprint density at radius 2 is 2.00 bits per heavy atom. The first-order valence-electron chi connectivity index (χ1n) is 4.53. The van der Waals surface area contributed by atoms with Crippen LogP contribution in [0.15, 0.2) is 43.9 Å². The predicted octanol–water partition coefficient (Wildman–Crippen LogP) is 4.46. The van der Waals surface area contributed by atoms with E-state index in [1.54, 1.807) is 6.26 Å². The van der Waals surface area contributed by atoms with E-state index in [4.69, 9.17) is 10.2 Å². The summed E-state index contributed by atoms with van der Waals surface area (Å²) in [6.45, 7) is 0. The van der Waals surface area contributed by atoms with Gasteiger partial charge in [-0.25, -0.2) is 0 Å². The highest BCUT2D eigenvalue weighted by Crippen LogP contribution is 2.31. The minimum absolute atomic E-state index is 0.256. The molecule has 1 aromatic carbocycles. The van der Waals surface area contributed by atoms with Crippen LogP contribution in [-0.2, 0) is 0 Å². The molecule has 2 rings (SSSR count). The van der Waals surface area contributed by atoms with Crippen LogP contribution in [0.25, 0.3) is 0 Å². The first-order valence-corrected chi connectivity index (χ1v) is 7.19. The summed E-state index contributed by atoms with van der Waals surface area (Å²) in [4.78, 5) is 0. The van der Waals surface area contributed by atoms with Gasteiger partial charge in [-0.05, 0) is 68.3 Å². The van der Waals surface area contributed by atoms with Crippen LogP contribution in [0.3, 0.4) is 0 Å². The summed E-state index contributed by atoms with van der Waals surface area (Å²) in [5.74, 6) is 0.746. The third kappa shape index (κ3) is 2.52. The maximum atomic E-state index is 6.18. The first-order chi connectivity index (χ1) is 7.59. The van der Waals surface area contributed by atoms with E-state index in [0.29, 0.717) is 0 Å². The maximum Gasteiger partial charge on any atom is 0.139 e. The minimum atomic E-state index is -0.256. The summed E-state index contributed by atoms with van der Waals surface area (Å²) in [6.07, 6.45) is 1.63. The van der Waals surface area contributed by atoms with Crippen molar-refractivity contribution in [2.75, 3.05) is 0 Å². The highest BCUT2D eigenvalue weighted by Gasteiger charge is 2.18. The molecule has 2 N–H and O–H groups in total. The molecular weight excluding hydrogens is 449 g/mol. The van der Waals surface area contributed by atoms with Crippen molar-refractivity contribution < 1.29 is 4.42 Å². The topological polar surface area (TPSA) is 39.2 Å². The third-order valence-electron chi connectivity index (χ3n) is 2.22. The van der Waals surface area contributed by atoms with Gasteiger partial charge >= 0.3 is 0 Å². The zero-order valence-corrected chi connectivity index (χ0v) is 13.4. The van der Waals surface area contributed by atoms with Crippen molar-refractivity contribution in [1.82, 2.24) is 0 Å². The predicted molar refractivity (Wildman–Crippen MR) is 79.3 cm³/mol. The molecule has 0 aliphatic carbocycles. The van der Waals surface area contributed by atoms with Crippen LogP contribution < -0.4 is 5.73 Å². The molecule has 0 radical (unpaired) electrons. The molecule has 1 aromatic heterocycles. The Bertz CT molecular complexity index is 512. The van der Waals surface area contributed by atoms with Gasteiger partial charge in [-0.15, -0.1) is 0 Å². The molecule has 16 heavy (non-hydrogen) atoms. The minimum Gasteiger partial charge on any atom is -0.466 e. The Balaban J connectivity index is 2.45. The number of hydrogen-bond acceptors (Lipinski definition) is 2. The second kappa shape index (κ2) is 5.20. The summed E-state index contributed by atoms with van der Waals surface area (Å²) < 4.78 is 8.42. The van der Waals surface area contributed by atoms with E-state index in [0.717, 1.165) is 23.8 Å². The van der Waals surface area contributed by atoms with Crippen LogP contribution in [0.1, 0.15) is 17.4 Å². The lowest BCUT2D eigenvalue weighted by Gasteiger charge is -2.12. The molecular formula is C11H8Br2INO. The standard InChI is InChI=1S/C11H8Br2INO/c12-6-1-2-9(14)7(5-6)10(15)11-8(13)3-4-16-11/h1-5,10H,15H2. The first kappa shape index (κ1) is 12.6. The van der Waals surface area contributed by atoms with Crippen molar-refractivity contribution in [2.24, 2.45) is 5.73 Å². The molecule has 0 spiro atoms. The Labute approximate surface area is 124 Å². The molecule has 0 aliphatic heterocycles. The van der Waals surface area contributed by atoms with E-state index in [-0.39, 0.29) is 6.04 Å². The molecule has 0 aliphatic rings. The molecule has 2 aromatic rings. The van der Waals surface area contributed by atoms with E-state index in [1.165, 1.54) is 0 Å². The van der Waals surface area contributed by atoms with E-state index < -0.39 is 0 Å². The highest BCUT2D eigenvalue weighted by molar-refractivity contribution is 14.1. The molecule has 1 heterocycles. The quantitative estimate of drug-likeness (QED) is 0.678. The van der Waals surface area contributed by atoms with Gasteiger partial charge in [-0.3, -0.25) is 0 Å². The van der Waals surface area contributed by atoms with Gasteiger partial charge in [0.25, 0.3) is 0 Å². The average Bonchev–Trinajstić information content (AvgIpc) is 2.67. The van der Waals surface area contributed by atoms with E-state index in [9.17, 15) is 0 Å². The Hall–Kier alpha value is 0.150. The molecule has 0 saturated carbocycles. The number of hydrogen-bond donors (Lipinski definition) is 1. The Kier molecular flexibility index (Phi) is 4.10. The molecule has 1 unspecified atom stereocenters. The zero-order chi connectivity index (χ0) is 11.7. The fourth-order valence-electron chi connectivity index (χ4n) is 1.42. The van der Waals surface area contributed by atoms with Crippen molar-refractivity contribution in [2.45, 2.75) is 6.04 Å². The number of nitrogens with two attached hydrogens (primary N) is 1. The van der Waals surface area contributed by atoms with Crippen LogP contribution in [0, 0.1) is 3.57 Å². The van der Waals surface area contributed by atoms with Crippen LogP contribution in [0.4, 0.5) is 0 Å². The summed E-state index contributed by atoms with van der Waals surface area (Å²) in [6, 6.07) is 7.63. The largest absolute Gasteiger partial charge is 0.466 e. The van der Waals surface area contributed by atoms with Gasteiger partial charge < -0.3 is 10.2 Å². The Morgan fingerprint density at radius 3 is 2.62 bits per heavy atom. The van der Waals surface area contributed by atoms with E-state index >= 15 is 0 Å². The van der Waals surface area contributed by atoms with Crippen LogP contribution in [-0.4, -0.2) is 0 Å². The number of halogens is 3. The Morgan fingerprint density at radius 1 is 1.25 bits per heavy atom. The third-order valence-corrected chi connectivity index (χ3v) is 4.35. The number of rotatable bonds is 2. The van der Waals surface area contributed by atoms with Gasteiger partial charge in [-0.1, -0.05) is 15.9 Å². The lowest BCUT2D eigenvalue weighted by molar-refractivity contribution is 0.487. The SMILES string of the molecule is NC(c1cc(Br)ccc1I)c1occc1Br. The zero-order valence-electron chi connectivity index (χ0n) is 8.08.